The molecule has 1 saturated heterocycles. The molecule has 3 aliphatic rings. The van der Waals surface area contributed by atoms with Crippen LogP contribution in [-0.2, 0) is 0 Å². The van der Waals surface area contributed by atoms with Crippen LogP contribution in [0.3, 0.4) is 0 Å². The Balaban J connectivity index is 1.34. The number of rotatable bonds is 7. The van der Waals surface area contributed by atoms with Crippen molar-refractivity contribution in [3.8, 4) is 0 Å². The number of fused-ring (bicyclic) bond motifs is 1. The average Bonchev–Trinajstić information content (AvgIpc) is 2.97. The summed E-state index contributed by atoms with van der Waals surface area (Å²) in [5.74, 6) is 2.58. The molecule has 3 fully saturated rings. The Labute approximate surface area is 143 Å². The summed E-state index contributed by atoms with van der Waals surface area (Å²) >= 11 is 0. The predicted molar refractivity (Wildman–Crippen MR) is 96.3 cm³/mol. The SMILES string of the molecule is C[C@H](CC1CNC2CCCCC12)NC(O)CCC1CCCCC1. The smallest absolute Gasteiger partial charge is 0.105 e. The molecule has 0 bridgehead atoms. The van der Waals surface area contributed by atoms with Crippen molar-refractivity contribution >= 4 is 0 Å². The highest BCUT2D eigenvalue weighted by atomic mass is 16.3. The lowest BCUT2D eigenvalue weighted by Gasteiger charge is -2.30. The van der Waals surface area contributed by atoms with E-state index in [9.17, 15) is 5.11 Å². The van der Waals surface area contributed by atoms with E-state index < -0.39 is 0 Å². The monoisotopic (exact) mass is 322 g/mol. The fraction of sp³-hybridized carbons (Fsp3) is 1.00. The van der Waals surface area contributed by atoms with Crippen molar-refractivity contribution in [3.05, 3.63) is 0 Å². The first-order valence-corrected chi connectivity index (χ1v) is 10.4. The van der Waals surface area contributed by atoms with Crippen LogP contribution in [0.25, 0.3) is 0 Å². The molecule has 0 amide bonds. The molecule has 3 N–H and O–H groups in total. The van der Waals surface area contributed by atoms with Crippen LogP contribution >= 0.6 is 0 Å². The molecular formula is C20H38N2O. The highest BCUT2D eigenvalue weighted by Gasteiger charge is 2.37. The van der Waals surface area contributed by atoms with E-state index in [1.54, 1.807) is 0 Å². The molecule has 0 spiro atoms. The fourth-order valence-electron chi connectivity index (χ4n) is 5.49. The maximum Gasteiger partial charge on any atom is 0.105 e. The molecule has 5 atom stereocenters. The minimum atomic E-state index is -0.302. The third-order valence-electron chi connectivity index (χ3n) is 6.77. The topological polar surface area (TPSA) is 44.3 Å². The molecule has 0 radical (unpaired) electrons. The zero-order valence-electron chi connectivity index (χ0n) is 15.1. The summed E-state index contributed by atoms with van der Waals surface area (Å²) in [4.78, 5) is 0. The van der Waals surface area contributed by atoms with Gasteiger partial charge in [-0.1, -0.05) is 44.9 Å². The standard InChI is InChI=1S/C20H38N2O/c1-15(13-17-14-21-19-10-6-5-9-18(17)19)22-20(23)12-11-16-7-3-2-4-8-16/h15-23H,2-14H2,1H3/t15-,17?,18?,19?,20?/m1/s1. The van der Waals surface area contributed by atoms with Gasteiger partial charge >= 0.3 is 0 Å². The third-order valence-corrected chi connectivity index (χ3v) is 6.77. The van der Waals surface area contributed by atoms with Gasteiger partial charge in [-0.15, -0.1) is 0 Å². The Morgan fingerprint density at radius 2 is 1.78 bits per heavy atom. The van der Waals surface area contributed by atoms with Crippen LogP contribution in [0.15, 0.2) is 0 Å². The van der Waals surface area contributed by atoms with Gasteiger partial charge in [0.1, 0.15) is 6.23 Å². The maximum absolute atomic E-state index is 10.3. The van der Waals surface area contributed by atoms with Crippen LogP contribution < -0.4 is 10.6 Å². The molecule has 3 rings (SSSR count). The second-order valence-electron chi connectivity index (χ2n) is 8.62. The van der Waals surface area contributed by atoms with Crippen molar-refractivity contribution in [3.63, 3.8) is 0 Å². The summed E-state index contributed by atoms with van der Waals surface area (Å²) in [5.41, 5.74) is 0. The van der Waals surface area contributed by atoms with Crippen molar-refractivity contribution < 1.29 is 5.11 Å². The van der Waals surface area contributed by atoms with E-state index in [0.29, 0.717) is 6.04 Å². The van der Waals surface area contributed by atoms with Crippen molar-refractivity contribution in [1.29, 1.82) is 0 Å². The largest absolute Gasteiger partial charge is 0.379 e. The lowest BCUT2D eigenvalue weighted by molar-refractivity contribution is 0.0980. The lowest BCUT2D eigenvalue weighted by Crippen LogP contribution is -2.39. The van der Waals surface area contributed by atoms with Crippen LogP contribution in [0.2, 0.25) is 0 Å². The molecule has 3 nitrogen and oxygen atoms in total. The Kier molecular flexibility index (Phi) is 6.79. The van der Waals surface area contributed by atoms with Crippen molar-refractivity contribution in [2.45, 2.75) is 102 Å². The van der Waals surface area contributed by atoms with E-state index in [0.717, 1.165) is 30.2 Å². The molecule has 1 aliphatic heterocycles. The van der Waals surface area contributed by atoms with Gasteiger partial charge in [0.25, 0.3) is 0 Å². The Morgan fingerprint density at radius 1 is 1.04 bits per heavy atom. The van der Waals surface area contributed by atoms with Gasteiger partial charge in [0.2, 0.25) is 0 Å². The minimum Gasteiger partial charge on any atom is -0.379 e. The summed E-state index contributed by atoms with van der Waals surface area (Å²) in [6.07, 6.45) is 15.7. The maximum atomic E-state index is 10.3. The van der Waals surface area contributed by atoms with Crippen LogP contribution in [-0.4, -0.2) is 30.0 Å². The number of hydrogen-bond donors (Lipinski definition) is 3. The van der Waals surface area contributed by atoms with Crippen LogP contribution in [0.5, 0.6) is 0 Å². The van der Waals surface area contributed by atoms with E-state index in [1.165, 1.54) is 77.2 Å². The average molecular weight is 323 g/mol. The predicted octanol–water partition coefficient (Wildman–Crippen LogP) is 3.81. The molecule has 0 aromatic rings. The summed E-state index contributed by atoms with van der Waals surface area (Å²) in [6, 6.07) is 1.22. The number of hydrogen-bond acceptors (Lipinski definition) is 3. The van der Waals surface area contributed by atoms with Crippen LogP contribution in [0.4, 0.5) is 0 Å². The van der Waals surface area contributed by atoms with Crippen molar-refractivity contribution in [2.24, 2.45) is 17.8 Å². The first-order chi connectivity index (χ1) is 11.2. The van der Waals surface area contributed by atoms with Crippen LogP contribution in [0, 0.1) is 17.8 Å². The summed E-state index contributed by atoms with van der Waals surface area (Å²) in [6.45, 7) is 3.46. The van der Waals surface area contributed by atoms with Gasteiger partial charge < -0.3 is 10.4 Å². The summed E-state index contributed by atoms with van der Waals surface area (Å²) in [7, 11) is 0. The quantitative estimate of drug-likeness (QED) is 0.625. The van der Waals surface area contributed by atoms with Gasteiger partial charge in [0, 0.05) is 12.1 Å². The molecule has 0 aromatic heterocycles. The minimum absolute atomic E-state index is 0.302. The highest BCUT2D eigenvalue weighted by Crippen LogP contribution is 2.36. The zero-order chi connectivity index (χ0) is 16.1. The zero-order valence-corrected chi connectivity index (χ0v) is 15.1. The Hall–Kier alpha value is -0.120. The second kappa shape index (κ2) is 8.82. The fourth-order valence-corrected chi connectivity index (χ4v) is 5.49. The number of aliphatic hydroxyl groups excluding tert-OH is 1. The summed E-state index contributed by atoms with van der Waals surface area (Å²) < 4.78 is 0. The van der Waals surface area contributed by atoms with Gasteiger partial charge in [-0.25, -0.2) is 0 Å². The van der Waals surface area contributed by atoms with E-state index in [2.05, 4.69) is 17.6 Å². The first kappa shape index (κ1) is 17.7. The highest BCUT2D eigenvalue weighted by molar-refractivity contribution is 4.93. The normalized spacial score (nSPS) is 35.0. The van der Waals surface area contributed by atoms with Gasteiger partial charge in [-0.05, 0) is 63.3 Å². The van der Waals surface area contributed by atoms with E-state index in [-0.39, 0.29) is 6.23 Å². The first-order valence-electron chi connectivity index (χ1n) is 10.4. The molecule has 0 aromatic carbocycles. The van der Waals surface area contributed by atoms with Gasteiger partial charge in [0.05, 0.1) is 0 Å². The van der Waals surface area contributed by atoms with Crippen LogP contribution in [0.1, 0.15) is 84.0 Å². The van der Waals surface area contributed by atoms with Gasteiger partial charge in [-0.3, -0.25) is 5.32 Å². The number of nitrogens with one attached hydrogen (secondary N) is 2. The molecule has 134 valence electrons. The molecule has 4 unspecified atom stereocenters. The van der Waals surface area contributed by atoms with E-state index >= 15 is 0 Å². The van der Waals surface area contributed by atoms with Crippen molar-refractivity contribution in [2.75, 3.05) is 6.54 Å². The summed E-state index contributed by atoms with van der Waals surface area (Å²) in [5, 5.41) is 17.5. The van der Waals surface area contributed by atoms with E-state index in [1.807, 2.05) is 0 Å². The third kappa shape index (κ3) is 5.17. The molecule has 2 saturated carbocycles. The molecular weight excluding hydrogens is 284 g/mol. The number of aliphatic hydroxyl groups is 1. The van der Waals surface area contributed by atoms with Crippen molar-refractivity contribution in [1.82, 2.24) is 10.6 Å². The van der Waals surface area contributed by atoms with E-state index in [4.69, 9.17) is 0 Å². The lowest BCUT2D eigenvalue weighted by atomic mass is 9.78. The van der Waals surface area contributed by atoms with Gasteiger partial charge in [-0.2, -0.15) is 0 Å². The molecule has 2 aliphatic carbocycles. The molecule has 23 heavy (non-hydrogen) atoms. The van der Waals surface area contributed by atoms with Gasteiger partial charge in [0.15, 0.2) is 0 Å². The Bertz CT molecular complexity index is 343. The Morgan fingerprint density at radius 3 is 2.61 bits per heavy atom. The molecule has 3 heteroatoms. The molecule has 1 heterocycles. The second-order valence-corrected chi connectivity index (χ2v) is 8.62.